The van der Waals surface area contributed by atoms with E-state index >= 15 is 0 Å². The minimum Gasteiger partial charge on any atom is -0.490 e. The summed E-state index contributed by atoms with van der Waals surface area (Å²) in [7, 11) is 0. The number of piperidine rings is 1. The van der Waals surface area contributed by atoms with E-state index < -0.39 is 11.7 Å². The average molecular weight is 507 g/mol. The van der Waals surface area contributed by atoms with Gasteiger partial charge in [0.05, 0.1) is 23.3 Å². The average Bonchev–Trinajstić information content (AvgIpc) is 2.77. The van der Waals surface area contributed by atoms with Crippen molar-refractivity contribution in [2.45, 2.75) is 50.3 Å². The highest BCUT2D eigenvalue weighted by Gasteiger charge is 2.34. The van der Waals surface area contributed by atoms with E-state index in [1.54, 1.807) is 12.1 Å². The highest BCUT2D eigenvalue weighted by atomic mass is 79.9. The van der Waals surface area contributed by atoms with E-state index in [1.807, 2.05) is 17.0 Å². The van der Waals surface area contributed by atoms with Crippen LogP contribution in [-0.2, 0) is 6.18 Å². The lowest BCUT2D eigenvalue weighted by Crippen LogP contribution is -2.34. The van der Waals surface area contributed by atoms with E-state index in [0.29, 0.717) is 30.8 Å². The fourth-order valence-corrected chi connectivity index (χ4v) is 5.35. The lowest BCUT2D eigenvalue weighted by Gasteiger charge is -2.35. The third kappa shape index (κ3) is 5.23. The summed E-state index contributed by atoms with van der Waals surface area (Å²) in [5.41, 5.74) is 0.579. The molecule has 2 aromatic rings. The zero-order valence-corrected chi connectivity index (χ0v) is 19.3. The van der Waals surface area contributed by atoms with E-state index in [2.05, 4.69) is 28.1 Å². The zero-order valence-electron chi connectivity index (χ0n) is 17.7. The maximum absolute atomic E-state index is 13.3. The Morgan fingerprint density at radius 3 is 2.34 bits per heavy atom. The van der Waals surface area contributed by atoms with Gasteiger partial charge in [0.15, 0.2) is 0 Å². The van der Waals surface area contributed by atoms with Crippen molar-refractivity contribution in [2.24, 2.45) is 5.92 Å². The molecule has 1 heterocycles. The molecule has 0 atom stereocenters. The van der Waals surface area contributed by atoms with Gasteiger partial charge in [0.2, 0.25) is 0 Å². The second kappa shape index (κ2) is 9.74. The number of benzene rings is 2. The summed E-state index contributed by atoms with van der Waals surface area (Å²) in [5.74, 6) is 2.06. The first-order valence-corrected chi connectivity index (χ1v) is 12.2. The molecule has 1 saturated heterocycles. The molecule has 0 spiro atoms. The van der Waals surface area contributed by atoms with Crippen molar-refractivity contribution in [3.63, 3.8) is 0 Å². The Hall–Kier alpha value is -2.20. The van der Waals surface area contributed by atoms with Crippen LogP contribution in [0.1, 0.15) is 54.7 Å². The SMILES string of the molecule is N#Cc1ccc(N2CCC(c3ccc(O[C@H]4C[C@H](CCBr)C4)cc3)CC2)cc1C(F)(F)F. The molecule has 0 unspecified atom stereocenters. The Labute approximate surface area is 195 Å². The number of ether oxygens (including phenoxy) is 1. The number of rotatable bonds is 6. The molecule has 7 heteroatoms. The number of nitrogens with zero attached hydrogens (tertiary/aromatic N) is 2. The number of hydrogen-bond donors (Lipinski definition) is 0. The molecule has 32 heavy (non-hydrogen) atoms. The molecular formula is C25H26BrF3N2O. The molecule has 1 aliphatic carbocycles. The molecule has 0 bridgehead atoms. The van der Waals surface area contributed by atoms with Crippen LogP contribution in [0.3, 0.4) is 0 Å². The van der Waals surface area contributed by atoms with Crippen LogP contribution in [0.15, 0.2) is 42.5 Å². The van der Waals surface area contributed by atoms with Gasteiger partial charge < -0.3 is 9.64 Å². The van der Waals surface area contributed by atoms with Gasteiger partial charge in [0.25, 0.3) is 0 Å². The Balaban J connectivity index is 1.33. The van der Waals surface area contributed by atoms with E-state index in [9.17, 15) is 13.2 Å². The fourth-order valence-electron chi connectivity index (χ4n) is 4.70. The first kappa shape index (κ1) is 23.0. The van der Waals surface area contributed by atoms with Crippen LogP contribution < -0.4 is 9.64 Å². The standard InChI is InChI=1S/C25H26BrF3N2O/c26-10-7-17-13-23(14-17)32-22-5-2-18(3-6-22)19-8-11-31(12-9-19)21-4-1-20(16-30)24(15-21)25(27,28)29/h1-6,15,17,19,23H,7-14H2/t17-,23-. The van der Waals surface area contributed by atoms with Crippen molar-refractivity contribution in [3.05, 3.63) is 59.2 Å². The second-order valence-corrected chi connectivity index (χ2v) is 9.52. The topological polar surface area (TPSA) is 36.3 Å². The minimum absolute atomic E-state index is 0.321. The lowest BCUT2D eigenvalue weighted by atomic mass is 9.80. The molecule has 0 amide bonds. The highest BCUT2D eigenvalue weighted by Crippen LogP contribution is 2.37. The van der Waals surface area contributed by atoms with Crippen LogP contribution in [0.4, 0.5) is 18.9 Å². The normalized spacial score (nSPS) is 21.7. The second-order valence-electron chi connectivity index (χ2n) is 8.72. The number of alkyl halides is 4. The van der Waals surface area contributed by atoms with E-state index in [4.69, 9.17) is 10.00 Å². The van der Waals surface area contributed by atoms with E-state index in [1.165, 1.54) is 18.1 Å². The molecule has 2 aliphatic rings. The van der Waals surface area contributed by atoms with Crippen LogP contribution in [0.25, 0.3) is 0 Å². The molecule has 2 aromatic carbocycles. The van der Waals surface area contributed by atoms with Crippen molar-refractivity contribution < 1.29 is 17.9 Å². The van der Waals surface area contributed by atoms with Gasteiger partial charge in [0.1, 0.15) is 5.75 Å². The number of anilines is 1. The van der Waals surface area contributed by atoms with Crippen molar-refractivity contribution >= 4 is 21.6 Å². The van der Waals surface area contributed by atoms with E-state index in [-0.39, 0.29) is 5.56 Å². The third-order valence-corrected chi connectivity index (χ3v) is 7.11. The molecule has 1 aliphatic heterocycles. The molecule has 2 fully saturated rings. The monoisotopic (exact) mass is 506 g/mol. The highest BCUT2D eigenvalue weighted by molar-refractivity contribution is 9.09. The van der Waals surface area contributed by atoms with Crippen LogP contribution in [-0.4, -0.2) is 24.5 Å². The van der Waals surface area contributed by atoms with Crippen molar-refractivity contribution in [3.8, 4) is 11.8 Å². The Bertz CT molecular complexity index is 957. The zero-order chi connectivity index (χ0) is 22.7. The van der Waals surface area contributed by atoms with Crippen LogP contribution >= 0.6 is 15.9 Å². The molecule has 170 valence electrons. The minimum atomic E-state index is -4.53. The number of halogens is 4. The predicted octanol–water partition coefficient (Wildman–Crippen LogP) is 6.90. The molecular weight excluding hydrogens is 481 g/mol. The summed E-state index contributed by atoms with van der Waals surface area (Å²) in [6.45, 7) is 1.37. The molecule has 1 saturated carbocycles. The maximum atomic E-state index is 13.3. The van der Waals surface area contributed by atoms with Crippen LogP contribution in [0, 0.1) is 17.2 Å². The summed E-state index contributed by atoms with van der Waals surface area (Å²) in [6, 6.07) is 13.9. The first-order chi connectivity index (χ1) is 15.4. The van der Waals surface area contributed by atoms with Gasteiger partial charge in [-0.15, -0.1) is 0 Å². The summed E-state index contributed by atoms with van der Waals surface area (Å²) in [4.78, 5) is 1.98. The van der Waals surface area contributed by atoms with Gasteiger partial charge in [-0.25, -0.2) is 0 Å². The summed E-state index contributed by atoms with van der Waals surface area (Å²) < 4.78 is 45.9. The van der Waals surface area contributed by atoms with Crippen LogP contribution in [0.2, 0.25) is 0 Å². The first-order valence-electron chi connectivity index (χ1n) is 11.1. The molecule has 0 radical (unpaired) electrons. The number of nitriles is 1. The third-order valence-electron chi connectivity index (χ3n) is 6.65. The fraction of sp³-hybridized carbons (Fsp3) is 0.480. The van der Waals surface area contributed by atoms with Crippen LogP contribution in [0.5, 0.6) is 5.75 Å². The van der Waals surface area contributed by atoms with Gasteiger partial charge in [-0.1, -0.05) is 28.1 Å². The largest absolute Gasteiger partial charge is 0.490 e. The van der Waals surface area contributed by atoms with Gasteiger partial charge in [-0.05, 0) is 79.8 Å². The maximum Gasteiger partial charge on any atom is 0.417 e. The van der Waals surface area contributed by atoms with Gasteiger partial charge >= 0.3 is 6.18 Å². The van der Waals surface area contributed by atoms with Gasteiger partial charge in [0, 0.05) is 24.1 Å². The summed E-state index contributed by atoms with van der Waals surface area (Å²) in [5, 5.41) is 10.0. The summed E-state index contributed by atoms with van der Waals surface area (Å²) >= 11 is 3.49. The lowest BCUT2D eigenvalue weighted by molar-refractivity contribution is -0.137. The molecule has 0 aromatic heterocycles. The quantitative estimate of drug-likeness (QED) is 0.399. The van der Waals surface area contributed by atoms with E-state index in [0.717, 1.165) is 48.7 Å². The van der Waals surface area contributed by atoms with Crippen molar-refractivity contribution in [1.82, 2.24) is 0 Å². The predicted molar refractivity (Wildman–Crippen MR) is 122 cm³/mol. The Morgan fingerprint density at radius 1 is 1.06 bits per heavy atom. The molecule has 3 nitrogen and oxygen atoms in total. The van der Waals surface area contributed by atoms with Crippen molar-refractivity contribution in [1.29, 1.82) is 5.26 Å². The van der Waals surface area contributed by atoms with Gasteiger partial charge in [-0.2, -0.15) is 18.4 Å². The van der Waals surface area contributed by atoms with Crippen molar-refractivity contribution in [2.75, 3.05) is 23.3 Å². The molecule has 0 N–H and O–H groups in total. The molecule has 4 rings (SSSR count). The summed E-state index contributed by atoms with van der Waals surface area (Å²) in [6.07, 6.45) is 0.988. The Morgan fingerprint density at radius 2 is 1.75 bits per heavy atom. The Kier molecular flexibility index (Phi) is 6.99. The van der Waals surface area contributed by atoms with Gasteiger partial charge in [-0.3, -0.25) is 0 Å². The smallest absolute Gasteiger partial charge is 0.417 e. The number of hydrogen-bond acceptors (Lipinski definition) is 3.